The van der Waals surface area contributed by atoms with Gasteiger partial charge in [0.15, 0.2) is 0 Å². The van der Waals surface area contributed by atoms with Crippen molar-refractivity contribution in [3.05, 3.63) is 59.3 Å². The first kappa shape index (κ1) is 22.4. The normalized spacial score (nSPS) is 17.4. The molecule has 1 fully saturated rings. The van der Waals surface area contributed by atoms with Crippen molar-refractivity contribution < 1.29 is 26.3 Å². The molecule has 0 aliphatic carbocycles. The predicted molar refractivity (Wildman–Crippen MR) is 102 cm³/mol. The summed E-state index contributed by atoms with van der Waals surface area (Å²) in [6.45, 7) is 0.267. The van der Waals surface area contributed by atoms with E-state index in [0.29, 0.717) is 5.57 Å². The molecule has 0 atom stereocenters. The van der Waals surface area contributed by atoms with E-state index in [2.05, 4.69) is 15.3 Å². The average molecular weight is 444 g/mol. The van der Waals surface area contributed by atoms with Crippen LogP contribution in [0.15, 0.2) is 48.1 Å². The molecule has 0 unspecified atom stereocenters. The van der Waals surface area contributed by atoms with Crippen molar-refractivity contribution in [2.75, 3.05) is 23.3 Å². The van der Waals surface area contributed by atoms with Gasteiger partial charge in [0.2, 0.25) is 0 Å². The maximum atomic E-state index is 13.3. The van der Waals surface area contributed by atoms with E-state index in [0.717, 1.165) is 24.4 Å². The zero-order chi connectivity index (χ0) is 22.8. The van der Waals surface area contributed by atoms with Crippen molar-refractivity contribution in [1.82, 2.24) is 9.97 Å². The zero-order valence-corrected chi connectivity index (χ0v) is 16.0. The highest BCUT2D eigenvalue weighted by Crippen LogP contribution is 2.36. The standard InChI is InChI=1S/C19H18F6N6/c20-18(21,22)13-2-1-7-28-17(13)31-8-5-12(14(26)6-9-31)16(27)30-11-3-4-15(29-10-11)19(23,24)25/h1-4,7,10,26,30H,5-6,8-9,27H2/b16-12+,26-14?. The van der Waals surface area contributed by atoms with Crippen molar-refractivity contribution in [1.29, 1.82) is 5.41 Å². The van der Waals surface area contributed by atoms with Crippen molar-refractivity contribution >= 4 is 17.2 Å². The Morgan fingerprint density at radius 2 is 1.71 bits per heavy atom. The van der Waals surface area contributed by atoms with Gasteiger partial charge in [-0.3, -0.25) is 0 Å². The molecule has 1 aliphatic rings. The minimum absolute atomic E-state index is 0.0328. The van der Waals surface area contributed by atoms with Crippen LogP contribution in [0.3, 0.4) is 0 Å². The number of alkyl halides is 6. The lowest BCUT2D eigenvalue weighted by Crippen LogP contribution is -2.28. The Morgan fingerprint density at radius 1 is 1.00 bits per heavy atom. The van der Waals surface area contributed by atoms with Gasteiger partial charge >= 0.3 is 12.4 Å². The van der Waals surface area contributed by atoms with Crippen molar-refractivity contribution in [3.63, 3.8) is 0 Å². The topological polar surface area (TPSA) is 90.9 Å². The summed E-state index contributed by atoms with van der Waals surface area (Å²) in [5.41, 5.74) is 4.77. The van der Waals surface area contributed by atoms with Crippen molar-refractivity contribution in [2.24, 2.45) is 5.73 Å². The van der Waals surface area contributed by atoms with Crippen LogP contribution in [0.1, 0.15) is 24.1 Å². The van der Waals surface area contributed by atoms with E-state index >= 15 is 0 Å². The molecule has 31 heavy (non-hydrogen) atoms. The number of hydrogen-bond acceptors (Lipinski definition) is 6. The second-order valence-corrected chi connectivity index (χ2v) is 6.79. The van der Waals surface area contributed by atoms with Crippen LogP contribution in [0.4, 0.5) is 37.8 Å². The Hall–Kier alpha value is -3.31. The number of aromatic nitrogens is 2. The van der Waals surface area contributed by atoms with E-state index in [1.54, 1.807) is 0 Å². The number of pyridine rings is 2. The van der Waals surface area contributed by atoms with Gasteiger partial charge in [-0.05, 0) is 30.7 Å². The molecule has 2 aromatic heterocycles. The molecular weight excluding hydrogens is 426 g/mol. The van der Waals surface area contributed by atoms with Gasteiger partial charge in [-0.1, -0.05) is 0 Å². The molecule has 0 radical (unpaired) electrons. The lowest BCUT2D eigenvalue weighted by atomic mass is 10.1. The molecule has 12 heteroatoms. The second-order valence-electron chi connectivity index (χ2n) is 6.79. The van der Waals surface area contributed by atoms with E-state index in [1.165, 1.54) is 17.2 Å². The van der Waals surface area contributed by atoms with Crippen LogP contribution in [-0.4, -0.2) is 28.8 Å². The fourth-order valence-electron chi connectivity index (χ4n) is 3.15. The third-order valence-corrected chi connectivity index (χ3v) is 4.68. The molecule has 0 spiro atoms. The summed E-state index contributed by atoms with van der Waals surface area (Å²) < 4.78 is 77.8. The lowest BCUT2D eigenvalue weighted by molar-refractivity contribution is -0.141. The summed E-state index contributed by atoms with van der Waals surface area (Å²) in [5, 5.41) is 10.9. The monoisotopic (exact) mass is 444 g/mol. The second kappa shape index (κ2) is 8.44. The molecule has 4 N–H and O–H groups in total. The van der Waals surface area contributed by atoms with Gasteiger partial charge < -0.3 is 21.4 Å². The number of anilines is 2. The van der Waals surface area contributed by atoms with E-state index in [-0.39, 0.29) is 49.0 Å². The quantitative estimate of drug-likeness (QED) is 0.610. The molecule has 0 saturated carbocycles. The van der Waals surface area contributed by atoms with Gasteiger partial charge in [0, 0.05) is 37.0 Å². The number of nitrogens with zero attached hydrogens (tertiary/aromatic N) is 3. The summed E-state index contributed by atoms with van der Waals surface area (Å²) >= 11 is 0. The van der Waals surface area contributed by atoms with Crippen LogP contribution in [0.2, 0.25) is 0 Å². The average Bonchev–Trinajstić information content (AvgIpc) is 2.89. The molecule has 3 rings (SSSR count). The SMILES string of the molecule is N=C1CCN(c2ncccc2C(F)(F)F)CC/C1=C(/N)Nc1ccc(C(F)(F)F)nc1. The van der Waals surface area contributed by atoms with Gasteiger partial charge in [-0.2, -0.15) is 26.3 Å². The zero-order valence-electron chi connectivity index (χ0n) is 16.0. The van der Waals surface area contributed by atoms with Crippen LogP contribution in [0.25, 0.3) is 0 Å². The number of halogens is 6. The highest BCUT2D eigenvalue weighted by Gasteiger charge is 2.36. The van der Waals surface area contributed by atoms with Gasteiger partial charge in [0.1, 0.15) is 17.3 Å². The third-order valence-electron chi connectivity index (χ3n) is 4.68. The Kier molecular flexibility index (Phi) is 6.09. The molecule has 0 aromatic carbocycles. The summed E-state index contributed by atoms with van der Waals surface area (Å²) in [6.07, 6.45) is -6.64. The van der Waals surface area contributed by atoms with Gasteiger partial charge in [0.25, 0.3) is 0 Å². The largest absolute Gasteiger partial charge is 0.433 e. The van der Waals surface area contributed by atoms with Crippen LogP contribution in [0, 0.1) is 5.41 Å². The predicted octanol–water partition coefficient (Wildman–Crippen LogP) is 4.42. The molecule has 166 valence electrons. The van der Waals surface area contributed by atoms with E-state index in [4.69, 9.17) is 11.1 Å². The van der Waals surface area contributed by atoms with Crippen LogP contribution in [0.5, 0.6) is 0 Å². The summed E-state index contributed by atoms with van der Waals surface area (Å²) in [7, 11) is 0. The molecule has 0 bridgehead atoms. The number of hydrogen-bond donors (Lipinski definition) is 3. The highest BCUT2D eigenvalue weighted by atomic mass is 19.4. The van der Waals surface area contributed by atoms with Crippen molar-refractivity contribution in [3.8, 4) is 0 Å². The first-order chi connectivity index (χ1) is 14.5. The third kappa shape index (κ3) is 5.25. The smallest absolute Gasteiger partial charge is 0.385 e. The maximum Gasteiger partial charge on any atom is 0.433 e. The molecule has 3 heterocycles. The molecule has 2 aromatic rings. The van der Waals surface area contributed by atoms with Crippen LogP contribution < -0.4 is 16.0 Å². The van der Waals surface area contributed by atoms with Crippen LogP contribution >= 0.6 is 0 Å². The number of nitrogens with two attached hydrogens (primary N) is 1. The molecule has 0 amide bonds. The first-order valence-corrected chi connectivity index (χ1v) is 9.10. The Balaban J connectivity index is 1.79. The Labute approximate surface area is 173 Å². The minimum atomic E-state index is -4.57. The van der Waals surface area contributed by atoms with E-state index in [1.807, 2.05) is 0 Å². The van der Waals surface area contributed by atoms with Crippen molar-refractivity contribution in [2.45, 2.75) is 25.2 Å². The summed E-state index contributed by atoms with van der Waals surface area (Å²) in [5.74, 6) is -0.187. The summed E-state index contributed by atoms with van der Waals surface area (Å²) in [4.78, 5) is 8.64. The molecular formula is C19H18F6N6. The first-order valence-electron chi connectivity index (χ1n) is 9.10. The fourth-order valence-corrected chi connectivity index (χ4v) is 3.15. The van der Waals surface area contributed by atoms with E-state index < -0.39 is 23.6 Å². The molecule has 6 nitrogen and oxygen atoms in total. The van der Waals surface area contributed by atoms with Gasteiger partial charge in [-0.25, -0.2) is 9.97 Å². The fraction of sp³-hybridized carbons (Fsp3) is 0.316. The Morgan fingerprint density at radius 3 is 2.32 bits per heavy atom. The number of nitrogens with one attached hydrogen (secondary N) is 2. The summed E-state index contributed by atoms with van der Waals surface area (Å²) in [6, 6.07) is 4.10. The highest BCUT2D eigenvalue weighted by molar-refractivity contribution is 5.99. The minimum Gasteiger partial charge on any atom is -0.385 e. The van der Waals surface area contributed by atoms with E-state index in [9.17, 15) is 26.3 Å². The van der Waals surface area contributed by atoms with Crippen LogP contribution in [-0.2, 0) is 12.4 Å². The lowest BCUT2D eigenvalue weighted by Gasteiger charge is -2.24. The van der Waals surface area contributed by atoms with Gasteiger partial charge in [0.05, 0.1) is 17.4 Å². The number of rotatable bonds is 3. The maximum absolute atomic E-state index is 13.3. The molecule has 1 saturated heterocycles. The molecule has 1 aliphatic heterocycles. The van der Waals surface area contributed by atoms with Gasteiger partial charge in [-0.15, -0.1) is 0 Å². The Bertz CT molecular complexity index is 981.